The Labute approximate surface area is 277 Å². The Morgan fingerprint density at radius 3 is 1.15 bits per heavy atom. The third-order valence-electron chi connectivity index (χ3n) is 10.1. The van der Waals surface area contributed by atoms with Crippen molar-refractivity contribution in [3.8, 4) is 0 Å². The van der Waals surface area contributed by atoms with Crippen LogP contribution in [0, 0.1) is 0 Å². The van der Waals surface area contributed by atoms with Crippen molar-refractivity contribution in [1.82, 2.24) is 0 Å². The van der Waals surface area contributed by atoms with E-state index in [1.165, 1.54) is 0 Å². The van der Waals surface area contributed by atoms with Crippen LogP contribution in [0.3, 0.4) is 0 Å². The Kier molecular flexibility index (Phi) is 6.51. The lowest BCUT2D eigenvalue weighted by Crippen LogP contribution is -2.31. The minimum Gasteiger partial charge on any atom is -0.310 e. The minimum atomic E-state index is -3.86. The van der Waals surface area contributed by atoms with E-state index in [4.69, 9.17) is 0 Å². The van der Waals surface area contributed by atoms with E-state index < -0.39 is 20.7 Å². The van der Waals surface area contributed by atoms with E-state index in [9.17, 15) is 8.42 Å². The predicted molar refractivity (Wildman–Crippen MR) is 192 cm³/mol. The Morgan fingerprint density at radius 2 is 0.745 bits per heavy atom. The van der Waals surface area contributed by atoms with E-state index in [1.807, 2.05) is 60.7 Å². The first-order chi connectivity index (χ1) is 22.6. The van der Waals surface area contributed by atoms with E-state index >= 15 is 0 Å². The van der Waals surface area contributed by atoms with Gasteiger partial charge < -0.3 is 9.80 Å². The van der Waals surface area contributed by atoms with Gasteiger partial charge >= 0.3 is 0 Å². The molecule has 0 unspecified atom stereocenters. The normalized spacial score (nSPS) is 15.7. The van der Waals surface area contributed by atoms with Crippen molar-refractivity contribution in [1.29, 1.82) is 0 Å². The largest absolute Gasteiger partial charge is 0.310 e. The third-order valence-corrected chi connectivity index (χ3v) is 11.8. The zero-order valence-electron chi connectivity index (χ0n) is 27.0. The molecule has 0 amide bonds. The summed E-state index contributed by atoms with van der Waals surface area (Å²) in [6.07, 6.45) is 0. The average molecular weight is 633 g/mol. The van der Waals surface area contributed by atoms with Crippen molar-refractivity contribution in [2.24, 2.45) is 0 Å². The number of para-hydroxylation sites is 4. The Hall–Kier alpha value is -5.13. The number of nitrogens with zero attached hydrogens (tertiary/aromatic N) is 2. The van der Waals surface area contributed by atoms with Gasteiger partial charge in [-0.25, -0.2) is 8.42 Å². The van der Waals surface area contributed by atoms with Crippen LogP contribution in [0.1, 0.15) is 49.9 Å². The van der Waals surface area contributed by atoms with E-state index in [-0.39, 0.29) is 0 Å². The lowest BCUT2D eigenvalue weighted by Gasteiger charge is -2.42. The molecule has 0 bridgehead atoms. The fourth-order valence-electron chi connectivity index (χ4n) is 7.55. The van der Waals surface area contributed by atoms with Gasteiger partial charge in [0.05, 0.1) is 32.5 Å². The van der Waals surface area contributed by atoms with Gasteiger partial charge in [-0.3, -0.25) is 0 Å². The molecule has 2 heterocycles. The van der Waals surface area contributed by atoms with Crippen LogP contribution in [0.15, 0.2) is 155 Å². The van der Waals surface area contributed by atoms with Gasteiger partial charge in [-0.1, -0.05) is 100 Å². The summed E-state index contributed by atoms with van der Waals surface area (Å²) in [6.45, 7) is 8.72. The molecule has 0 spiro atoms. The maximum Gasteiger partial charge on any atom is 0.206 e. The van der Waals surface area contributed by atoms with Crippen LogP contribution in [0.4, 0.5) is 34.1 Å². The van der Waals surface area contributed by atoms with Crippen LogP contribution in [0.25, 0.3) is 0 Å². The molecule has 0 radical (unpaired) electrons. The second-order valence-electron chi connectivity index (χ2n) is 13.5. The second-order valence-corrected chi connectivity index (χ2v) is 15.4. The van der Waals surface area contributed by atoms with Gasteiger partial charge in [0, 0.05) is 22.2 Å². The highest BCUT2D eigenvalue weighted by Gasteiger charge is 2.40. The smallest absolute Gasteiger partial charge is 0.206 e. The summed E-state index contributed by atoms with van der Waals surface area (Å²) in [7, 11) is -3.86. The number of hydrogen-bond donors (Lipinski definition) is 0. The van der Waals surface area contributed by atoms with E-state index in [2.05, 4.69) is 110 Å². The first-order valence-electron chi connectivity index (χ1n) is 16.0. The molecule has 8 rings (SSSR count). The standard InChI is InChI=1S/C42H36N2O2S/c1-41(2)33-19-11-13-21-37(33)43(29-15-7-5-8-16-29)39-25-23-31(27-35(39)41)47(45,46)32-24-26-40-36(28-32)42(3,4)34-20-12-14-22-38(34)44(40)30-17-9-6-10-18-30/h5-28H,1-4H3. The summed E-state index contributed by atoms with van der Waals surface area (Å²) in [4.78, 5) is 5.07. The van der Waals surface area contributed by atoms with Crippen molar-refractivity contribution in [3.63, 3.8) is 0 Å². The third kappa shape index (κ3) is 4.37. The monoisotopic (exact) mass is 632 g/mol. The highest BCUT2D eigenvalue weighted by atomic mass is 32.2. The number of rotatable bonds is 4. The number of anilines is 6. The minimum absolute atomic E-state index is 0.297. The van der Waals surface area contributed by atoms with Gasteiger partial charge in [0.15, 0.2) is 0 Å². The fraction of sp³-hybridized carbons (Fsp3) is 0.143. The molecule has 232 valence electrons. The van der Waals surface area contributed by atoms with Gasteiger partial charge in [0.1, 0.15) is 0 Å². The van der Waals surface area contributed by atoms with Gasteiger partial charge in [-0.2, -0.15) is 0 Å². The van der Waals surface area contributed by atoms with Crippen LogP contribution < -0.4 is 9.80 Å². The molecule has 2 aliphatic rings. The SMILES string of the molecule is CC1(C)c2ccccc2N(c2ccccc2)c2ccc(S(=O)(=O)c3ccc4c(c3)C(C)(C)c3ccccc3N4c3ccccc3)cc21. The fourth-order valence-corrected chi connectivity index (χ4v) is 8.86. The highest BCUT2D eigenvalue weighted by molar-refractivity contribution is 7.91. The second kappa shape index (κ2) is 10.4. The molecule has 0 atom stereocenters. The van der Waals surface area contributed by atoms with Gasteiger partial charge in [0.2, 0.25) is 9.84 Å². The van der Waals surface area contributed by atoms with Crippen molar-refractivity contribution >= 4 is 44.0 Å². The summed E-state index contributed by atoms with van der Waals surface area (Å²) in [5.41, 5.74) is 9.68. The molecule has 0 aromatic heterocycles. The molecular formula is C42H36N2O2S. The average Bonchev–Trinajstić information content (AvgIpc) is 3.09. The molecule has 47 heavy (non-hydrogen) atoms. The highest BCUT2D eigenvalue weighted by Crippen LogP contribution is 2.54. The van der Waals surface area contributed by atoms with Crippen molar-refractivity contribution in [2.45, 2.75) is 48.3 Å². The summed E-state index contributed by atoms with van der Waals surface area (Å²) in [5.74, 6) is 0. The summed E-state index contributed by atoms with van der Waals surface area (Å²) in [6, 6.07) is 48.6. The molecule has 0 saturated heterocycles. The van der Waals surface area contributed by atoms with Gasteiger partial charge in [0.25, 0.3) is 0 Å². The van der Waals surface area contributed by atoms with Gasteiger partial charge in [-0.05, 0) is 95.1 Å². The molecule has 0 aliphatic carbocycles. The quantitative estimate of drug-likeness (QED) is 0.194. The van der Waals surface area contributed by atoms with Gasteiger partial charge in [-0.15, -0.1) is 0 Å². The van der Waals surface area contributed by atoms with Crippen LogP contribution in [-0.4, -0.2) is 8.42 Å². The van der Waals surface area contributed by atoms with Crippen LogP contribution >= 0.6 is 0 Å². The summed E-state index contributed by atoms with van der Waals surface area (Å²) >= 11 is 0. The number of sulfone groups is 1. The topological polar surface area (TPSA) is 40.6 Å². The van der Waals surface area contributed by atoms with E-state index in [0.29, 0.717) is 9.79 Å². The molecule has 6 aromatic rings. The Morgan fingerprint density at radius 1 is 0.404 bits per heavy atom. The molecule has 0 N–H and O–H groups in total. The zero-order valence-corrected chi connectivity index (χ0v) is 27.8. The number of hydrogen-bond acceptors (Lipinski definition) is 4. The lowest BCUT2D eigenvalue weighted by molar-refractivity contribution is 0.592. The lowest BCUT2D eigenvalue weighted by atomic mass is 9.73. The molecule has 4 nitrogen and oxygen atoms in total. The summed E-state index contributed by atoms with van der Waals surface area (Å²) < 4.78 is 29.2. The molecule has 2 aliphatic heterocycles. The molecule has 0 fully saturated rings. The van der Waals surface area contributed by atoms with E-state index in [1.54, 1.807) is 12.1 Å². The molecular weight excluding hydrogens is 597 g/mol. The van der Waals surface area contributed by atoms with Crippen LogP contribution in [-0.2, 0) is 20.7 Å². The van der Waals surface area contributed by atoms with Crippen LogP contribution in [0.5, 0.6) is 0 Å². The van der Waals surface area contributed by atoms with Crippen molar-refractivity contribution < 1.29 is 8.42 Å². The van der Waals surface area contributed by atoms with Crippen molar-refractivity contribution in [2.75, 3.05) is 9.80 Å². The first-order valence-corrected chi connectivity index (χ1v) is 17.5. The Bertz CT molecular complexity index is 2120. The zero-order chi connectivity index (χ0) is 32.6. The maximum atomic E-state index is 14.6. The van der Waals surface area contributed by atoms with E-state index in [0.717, 1.165) is 56.4 Å². The molecule has 0 saturated carbocycles. The Balaban J connectivity index is 1.28. The first kappa shape index (κ1) is 29.3. The molecule has 5 heteroatoms. The van der Waals surface area contributed by atoms with Crippen LogP contribution in [0.2, 0.25) is 0 Å². The number of fused-ring (bicyclic) bond motifs is 4. The molecule has 6 aromatic carbocycles. The predicted octanol–water partition coefficient (Wildman–Crippen LogP) is 10.7. The van der Waals surface area contributed by atoms with Crippen molar-refractivity contribution in [3.05, 3.63) is 168 Å². The summed E-state index contributed by atoms with van der Waals surface area (Å²) in [5, 5.41) is 0. The number of benzene rings is 6. The maximum absolute atomic E-state index is 14.6.